The van der Waals surface area contributed by atoms with Crippen LogP contribution in [-0.4, -0.2) is 12.5 Å². The van der Waals surface area contributed by atoms with E-state index in [4.69, 9.17) is 0 Å². The molecular weight excluding hydrogens is 473 g/mol. The van der Waals surface area contributed by atoms with Crippen LogP contribution in [0.3, 0.4) is 0 Å². The Labute approximate surface area is 213 Å². The second kappa shape index (κ2) is 8.80. The molecule has 1 N–H and O–H groups in total. The average molecular weight is 499 g/mol. The van der Waals surface area contributed by atoms with Crippen molar-refractivity contribution in [2.45, 2.75) is 31.0 Å². The third kappa shape index (κ3) is 4.06. The third-order valence-electron chi connectivity index (χ3n) is 7.51. The van der Waals surface area contributed by atoms with Gasteiger partial charge in [0.25, 0.3) is 5.91 Å². The van der Waals surface area contributed by atoms with Gasteiger partial charge < -0.3 is 10.2 Å². The van der Waals surface area contributed by atoms with Gasteiger partial charge in [0.1, 0.15) is 0 Å². The van der Waals surface area contributed by atoms with Gasteiger partial charge in [-0.2, -0.15) is 13.2 Å². The Hall–Kier alpha value is -4.06. The Morgan fingerprint density at radius 1 is 0.784 bits per heavy atom. The number of nitrogens with one attached hydrogen (secondary N) is 1. The van der Waals surface area contributed by atoms with E-state index in [0.717, 1.165) is 53.0 Å². The van der Waals surface area contributed by atoms with Crippen LogP contribution < -0.4 is 10.2 Å². The van der Waals surface area contributed by atoms with Crippen LogP contribution in [0.2, 0.25) is 0 Å². The highest BCUT2D eigenvalue weighted by Crippen LogP contribution is 2.44. The zero-order valence-corrected chi connectivity index (χ0v) is 20.1. The smallest absolute Gasteiger partial charge is 0.371 e. The molecule has 1 atom stereocenters. The Morgan fingerprint density at radius 2 is 1.41 bits per heavy atom. The first-order valence-electron chi connectivity index (χ1n) is 12.4. The maximum Gasteiger partial charge on any atom is 0.416 e. The lowest BCUT2D eigenvalue weighted by atomic mass is 9.80. The standard InChI is InChI=1S/C31H25F3N2O/c32-31(33,34)26-17-15-25(16-18-26)30(20-23-7-1-3-9-27(23)35-30)24-13-11-22(12-14-24)29(37)36-19-5-8-21-6-2-4-10-28(21)36/h1-4,6-7,9-18,35H,5,8,19-20H2. The van der Waals surface area contributed by atoms with Gasteiger partial charge in [0.05, 0.1) is 11.1 Å². The summed E-state index contributed by atoms with van der Waals surface area (Å²) in [5, 5.41) is 3.59. The minimum Gasteiger partial charge on any atom is -0.371 e. The van der Waals surface area contributed by atoms with Gasteiger partial charge in [-0.15, -0.1) is 0 Å². The summed E-state index contributed by atoms with van der Waals surface area (Å²) in [4.78, 5) is 15.3. The molecule has 4 aromatic carbocycles. The molecule has 0 aliphatic carbocycles. The Morgan fingerprint density at radius 3 is 2.08 bits per heavy atom. The van der Waals surface area contributed by atoms with Gasteiger partial charge in [0.15, 0.2) is 0 Å². The summed E-state index contributed by atoms with van der Waals surface area (Å²) in [5.74, 6) is -0.0510. The number of carbonyl (C=O) groups excluding carboxylic acids is 1. The quantitative estimate of drug-likeness (QED) is 0.324. The van der Waals surface area contributed by atoms with Gasteiger partial charge >= 0.3 is 6.18 Å². The maximum absolute atomic E-state index is 13.5. The molecular formula is C31H25F3N2O. The van der Waals surface area contributed by atoms with Gasteiger partial charge in [0.2, 0.25) is 0 Å². The molecule has 2 heterocycles. The van der Waals surface area contributed by atoms with Crippen molar-refractivity contribution in [2.24, 2.45) is 0 Å². The number of alkyl halides is 3. The van der Waals surface area contributed by atoms with E-state index >= 15 is 0 Å². The fourth-order valence-corrected chi connectivity index (χ4v) is 5.61. The minimum absolute atomic E-state index is 0.0510. The number of anilines is 2. The van der Waals surface area contributed by atoms with Crippen molar-refractivity contribution in [2.75, 3.05) is 16.8 Å². The number of rotatable bonds is 3. The highest BCUT2D eigenvalue weighted by molar-refractivity contribution is 6.06. The van der Waals surface area contributed by atoms with Crippen LogP contribution in [0.5, 0.6) is 0 Å². The molecule has 1 amide bonds. The number of nitrogens with zero attached hydrogens (tertiary/aromatic N) is 1. The van der Waals surface area contributed by atoms with E-state index in [1.54, 1.807) is 12.1 Å². The summed E-state index contributed by atoms with van der Waals surface area (Å²) in [6, 6.07) is 28.7. The molecule has 186 valence electrons. The van der Waals surface area contributed by atoms with Gasteiger partial charge in [-0.25, -0.2) is 0 Å². The Bertz CT molecular complexity index is 1430. The van der Waals surface area contributed by atoms with E-state index < -0.39 is 17.3 Å². The van der Waals surface area contributed by atoms with Crippen molar-refractivity contribution in [1.29, 1.82) is 0 Å². The zero-order chi connectivity index (χ0) is 25.6. The first-order chi connectivity index (χ1) is 17.8. The topological polar surface area (TPSA) is 32.3 Å². The molecule has 37 heavy (non-hydrogen) atoms. The van der Waals surface area contributed by atoms with Crippen molar-refractivity contribution in [3.63, 3.8) is 0 Å². The normalized spacial score (nSPS) is 18.6. The van der Waals surface area contributed by atoms with Crippen molar-refractivity contribution in [3.8, 4) is 0 Å². The summed E-state index contributed by atoms with van der Waals surface area (Å²) >= 11 is 0. The summed E-state index contributed by atoms with van der Waals surface area (Å²) in [6.45, 7) is 0.671. The summed E-state index contributed by atoms with van der Waals surface area (Å²) in [5.41, 5.74) is 4.96. The van der Waals surface area contributed by atoms with E-state index in [-0.39, 0.29) is 5.91 Å². The predicted molar refractivity (Wildman–Crippen MR) is 139 cm³/mol. The molecule has 2 aliphatic heterocycles. The number of fused-ring (bicyclic) bond motifs is 2. The van der Waals surface area contributed by atoms with Crippen LogP contribution in [-0.2, 0) is 24.6 Å². The van der Waals surface area contributed by atoms with Crippen molar-refractivity contribution < 1.29 is 18.0 Å². The van der Waals surface area contributed by atoms with Gasteiger partial charge in [0, 0.05) is 29.9 Å². The lowest BCUT2D eigenvalue weighted by Crippen LogP contribution is -2.36. The SMILES string of the molecule is O=C(c1ccc(C2(c3ccc(C(F)(F)F)cc3)Cc3ccccc3N2)cc1)N1CCCc2ccccc21. The van der Waals surface area contributed by atoms with Gasteiger partial charge in [-0.1, -0.05) is 60.7 Å². The van der Waals surface area contributed by atoms with Crippen LogP contribution in [0.15, 0.2) is 97.1 Å². The highest BCUT2D eigenvalue weighted by atomic mass is 19.4. The fraction of sp³-hybridized carbons (Fsp3) is 0.194. The van der Waals surface area contributed by atoms with Crippen molar-refractivity contribution >= 4 is 17.3 Å². The molecule has 0 saturated carbocycles. The maximum atomic E-state index is 13.5. The lowest BCUT2D eigenvalue weighted by Gasteiger charge is -2.33. The number of para-hydroxylation sites is 2. The molecule has 2 aliphatic rings. The van der Waals surface area contributed by atoms with E-state index in [9.17, 15) is 18.0 Å². The number of hydrogen-bond donors (Lipinski definition) is 1. The second-order valence-corrected chi connectivity index (χ2v) is 9.71. The number of carbonyl (C=O) groups is 1. The molecule has 0 bridgehead atoms. The molecule has 1 unspecified atom stereocenters. The Balaban J connectivity index is 1.36. The van der Waals surface area contributed by atoms with Crippen LogP contribution in [0.4, 0.5) is 24.5 Å². The molecule has 4 aromatic rings. The zero-order valence-electron chi connectivity index (χ0n) is 20.1. The number of amides is 1. The van der Waals surface area contributed by atoms with E-state index in [1.165, 1.54) is 5.56 Å². The largest absolute Gasteiger partial charge is 0.416 e. The molecule has 6 rings (SSSR count). The fourth-order valence-electron chi connectivity index (χ4n) is 5.61. The predicted octanol–water partition coefficient (Wildman–Crippen LogP) is 7.21. The molecule has 3 nitrogen and oxygen atoms in total. The van der Waals surface area contributed by atoms with Crippen LogP contribution in [0, 0.1) is 0 Å². The highest BCUT2D eigenvalue weighted by Gasteiger charge is 2.41. The third-order valence-corrected chi connectivity index (χ3v) is 7.51. The number of benzene rings is 4. The molecule has 0 spiro atoms. The lowest BCUT2D eigenvalue weighted by molar-refractivity contribution is -0.137. The van der Waals surface area contributed by atoms with Crippen LogP contribution >= 0.6 is 0 Å². The molecule has 0 saturated heterocycles. The van der Waals surface area contributed by atoms with E-state index in [1.807, 2.05) is 71.6 Å². The molecule has 0 aromatic heterocycles. The summed E-state index contributed by atoms with van der Waals surface area (Å²) in [7, 11) is 0. The van der Waals surface area contributed by atoms with Crippen LogP contribution in [0.25, 0.3) is 0 Å². The summed E-state index contributed by atoms with van der Waals surface area (Å²) < 4.78 is 39.7. The molecule has 0 fully saturated rings. The molecule has 6 heteroatoms. The van der Waals surface area contributed by atoms with Crippen molar-refractivity contribution in [1.82, 2.24) is 0 Å². The monoisotopic (exact) mass is 498 g/mol. The Kier molecular flexibility index (Phi) is 5.55. The van der Waals surface area contributed by atoms with Crippen molar-refractivity contribution in [3.05, 3.63) is 130 Å². The van der Waals surface area contributed by atoms with E-state index in [0.29, 0.717) is 18.5 Å². The second-order valence-electron chi connectivity index (χ2n) is 9.71. The number of halogens is 3. The summed E-state index contributed by atoms with van der Waals surface area (Å²) in [6.07, 6.45) is -1.94. The minimum atomic E-state index is -4.40. The van der Waals surface area contributed by atoms with Gasteiger partial charge in [-0.3, -0.25) is 4.79 Å². The van der Waals surface area contributed by atoms with E-state index in [2.05, 4.69) is 11.4 Å². The van der Waals surface area contributed by atoms with Gasteiger partial charge in [-0.05, 0) is 71.5 Å². The number of aryl methyl sites for hydroxylation is 1. The number of hydrogen-bond acceptors (Lipinski definition) is 2. The van der Waals surface area contributed by atoms with Crippen LogP contribution in [0.1, 0.15) is 44.6 Å². The molecule has 0 radical (unpaired) electrons. The first kappa shape index (κ1) is 23.3. The average Bonchev–Trinajstić information content (AvgIpc) is 3.33. The first-order valence-corrected chi connectivity index (χ1v) is 12.4.